The molecule has 41 heavy (non-hydrogen) atoms. The van der Waals surface area contributed by atoms with Gasteiger partial charge in [-0.05, 0) is 31.8 Å². The van der Waals surface area contributed by atoms with Crippen molar-refractivity contribution in [3.8, 4) is 28.3 Å². The average Bonchev–Trinajstić information content (AvgIpc) is 3.61. The second-order valence-corrected chi connectivity index (χ2v) is 9.73. The van der Waals surface area contributed by atoms with Gasteiger partial charge in [0.2, 0.25) is 5.88 Å². The molecule has 10 nitrogen and oxygen atoms in total. The lowest BCUT2D eigenvalue weighted by atomic mass is 10.0. The molecule has 1 aliphatic rings. The van der Waals surface area contributed by atoms with E-state index >= 15 is 0 Å². The lowest BCUT2D eigenvalue weighted by Crippen LogP contribution is -2.47. The molecule has 0 N–H and O–H groups in total. The Hall–Kier alpha value is -4.89. The topological polar surface area (TPSA) is 99.9 Å². The molecule has 0 spiro atoms. The number of aromatic nitrogens is 5. The fourth-order valence-corrected chi connectivity index (χ4v) is 4.86. The molecule has 5 rings (SSSR count). The maximum absolute atomic E-state index is 12.4. The summed E-state index contributed by atoms with van der Waals surface area (Å²) in [6, 6.07) is 8.32. The van der Waals surface area contributed by atoms with Gasteiger partial charge in [-0.1, -0.05) is 11.6 Å². The quantitative estimate of drug-likeness (QED) is 0.170. The Kier molecular flexibility index (Phi) is 8.16. The molecule has 1 fully saturated rings. The summed E-state index contributed by atoms with van der Waals surface area (Å²) >= 11 is 0. The second kappa shape index (κ2) is 12.1. The Morgan fingerprint density at radius 2 is 1.90 bits per heavy atom. The highest BCUT2D eigenvalue weighted by atomic mass is 19.3. The van der Waals surface area contributed by atoms with E-state index in [2.05, 4.69) is 42.5 Å². The second-order valence-electron chi connectivity index (χ2n) is 9.73. The fourth-order valence-electron chi connectivity index (χ4n) is 4.86. The van der Waals surface area contributed by atoms with Crippen LogP contribution in [0.1, 0.15) is 12.5 Å². The summed E-state index contributed by atoms with van der Waals surface area (Å²) in [5.41, 5.74) is 5.87. The Labute approximate surface area is 236 Å². The van der Waals surface area contributed by atoms with Crippen LogP contribution in [0.5, 0.6) is 0 Å². The molecule has 5 heterocycles. The molecular formula is C29H29F2N9O. The molecule has 0 unspecified atom stereocenters. The largest absolute Gasteiger partial charge is 0.417 e. The Morgan fingerprint density at radius 3 is 2.54 bits per heavy atom. The minimum absolute atomic E-state index is 0.208. The van der Waals surface area contributed by atoms with Crippen molar-refractivity contribution in [2.75, 3.05) is 37.6 Å². The van der Waals surface area contributed by atoms with Gasteiger partial charge >= 0.3 is 6.61 Å². The van der Waals surface area contributed by atoms with Crippen LogP contribution in [0, 0.1) is 11.3 Å². The van der Waals surface area contributed by atoms with Crippen LogP contribution in [-0.2, 0) is 11.8 Å². The van der Waals surface area contributed by atoms with Gasteiger partial charge in [-0.2, -0.15) is 24.2 Å². The summed E-state index contributed by atoms with van der Waals surface area (Å²) < 4.78 is 32.6. The average molecular weight is 558 g/mol. The zero-order chi connectivity index (χ0) is 28.9. The predicted octanol–water partition coefficient (Wildman–Crippen LogP) is 4.52. The summed E-state index contributed by atoms with van der Waals surface area (Å²) in [6.07, 6.45) is 12.2. The van der Waals surface area contributed by atoms with E-state index in [-0.39, 0.29) is 5.88 Å². The van der Waals surface area contributed by atoms with Crippen molar-refractivity contribution in [3.63, 3.8) is 0 Å². The van der Waals surface area contributed by atoms with Crippen molar-refractivity contribution < 1.29 is 13.5 Å². The van der Waals surface area contributed by atoms with Crippen LogP contribution in [-0.4, -0.2) is 75.3 Å². The molecule has 4 aromatic rings. The maximum Gasteiger partial charge on any atom is 0.388 e. The molecule has 0 amide bonds. The fraction of sp³-hybridized carbons (Fsp3) is 0.276. The van der Waals surface area contributed by atoms with Crippen molar-refractivity contribution in [1.82, 2.24) is 29.3 Å². The van der Waals surface area contributed by atoms with E-state index in [0.29, 0.717) is 12.1 Å². The first-order valence-corrected chi connectivity index (χ1v) is 13.0. The number of piperazine rings is 1. The molecule has 0 atom stereocenters. The number of aliphatic imine (C=N–C) groups is 1. The number of fused-ring (bicyclic) bond motifs is 1. The third-order valence-corrected chi connectivity index (χ3v) is 6.87. The molecule has 0 bridgehead atoms. The first-order chi connectivity index (χ1) is 19.8. The summed E-state index contributed by atoms with van der Waals surface area (Å²) in [5, 5.41) is 18.4. The lowest BCUT2D eigenvalue weighted by Gasteiger charge is -2.35. The molecule has 1 aliphatic heterocycles. The number of alkyl halides is 2. The minimum atomic E-state index is -2.93. The molecule has 0 aromatic carbocycles. The van der Waals surface area contributed by atoms with Crippen LogP contribution in [0.15, 0.2) is 77.8 Å². The Morgan fingerprint density at radius 1 is 1.10 bits per heavy atom. The number of nitrogens with zero attached hydrogens (tertiary/aromatic N) is 9. The Balaban J connectivity index is 1.29. The predicted molar refractivity (Wildman–Crippen MR) is 152 cm³/mol. The Bertz CT molecular complexity index is 1640. The SMILES string of the molecule is C=N/C(=C\C=C(/C)CN1CCN(c2ccc(-c3cc(-c4cnn(C)c4)cn4ncc(C#N)c34)cn2)CC1)OC(F)F. The number of pyridine rings is 2. The van der Waals surface area contributed by atoms with Crippen LogP contribution >= 0.6 is 0 Å². The van der Waals surface area contributed by atoms with E-state index in [4.69, 9.17) is 4.98 Å². The smallest absolute Gasteiger partial charge is 0.388 e. The monoisotopic (exact) mass is 557 g/mol. The first kappa shape index (κ1) is 27.7. The molecule has 12 heteroatoms. The summed E-state index contributed by atoms with van der Waals surface area (Å²) in [4.78, 5) is 12.8. The number of hydrogen-bond donors (Lipinski definition) is 0. The van der Waals surface area contributed by atoms with E-state index in [1.54, 1.807) is 27.7 Å². The van der Waals surface area contributed by atoms with Crippen molar-refractivity contribution in [1.29, 1.82) is 5.26 Å². The van der Waals surface area contributed by atoms with Crippen molar-refractivity contribution in [2.24, 2.45) is 12.0 Å². The molecule has 0 radical (unpaired) electrons. The highest BCUT2D eigenvalue weighted by Gasteiger charge is 2.19. The number of halogens is 2. The lowest BCUT2D eigenvalue weighted by molar-refractivity contribution is -0.0963. The van der Waals surface area contributed by atoms with Crippen LogP contribution < -0.4 is 4.90 Å². The van der Waals surface area contributed by atoms with Crippen molar-refractivity contribution in [2.45, 2.75) is 13.5 Å². The summed E-state index contributed by atoms with van der Waals surface area (Å²) in [6.45, 7) is 6.20. The highest BCUT2D eigenvalue weighted by Crippen LogP contribution is 2.32. The van der Waals surface area contributed by atoms with Gasteiger partial charge in [0.25, 0.3) is 0 Å². The summed E-state index contributed by atoms with van der Waals surface area (Å²) in [7, 11) is 1.87. The molecule has 0 saturated carbocycles. The van der Waals surface area contributed by atoms with E-state index in [9.17, 15) is 14.0 Å². The van der Waals surface area contributed by atoms with Gasteiger partial charge in [0.15, 0.2) is 0 Å². The van der Waals surface area contributed by atoms with Gasteiger partial charge < -0.3 is 9.64 Å². The van der Waals surface area contributed by atoms with Gasteiger partial charge in [0, 0.05) is 86.7 Å². The zero-order valence-corrected chi connectivity index (χ0v) is 22.8. The van der Waals surface area contributed by atoms with E-state index in [0.717, 1.165) is 65.3 Å². The highest BCUT2D eigenvalue weighted by molar-refractivity contribution is 5.87. The molecule has 0 aliphatic carbocycles. The molecular weight excluding hydrogens is 528 g/mol. The number of nitriles is 1. The molecule has 210 valence electrons. The number of aryl methyl sites for hydroxylation is 1. The standard InChI is InChI=1S/C29H29F2N9O/c1-20(4-7-27(33-2)41-29(30)31)17-38-8-10-39(11-9-38)26-6-5-21(14-34-26)25-12-22(24-16-35-37(3)18-24)19-40-28(25)23(13-32)15-36-40/h4-7,12,14-16,18-19,29H,2,8-11,17H2,1,3H3/b20-4+,27-7+. The van der Waals surface area contributed by atoms with Crippen LogP contribution in [0.2, 0.25) is 0 Å². The third kappa shape index (κ3) is 6.31. The number of ether oxygens (including phenoxy) is 1. The molecule has 4 aromatic heterocycles. The molecule has 1 saturated heterocycles. The van der Waals surface area contributed by atoms with E-state index in [1.807, 2.05) is 50.8 Å². The first-order valence-electron chi connectivity index (χ1n) is 13.0. The van der Waals surface area contributed by atoms with Gasteiger partial charge in [-0.25, -0.2) is 14.5 Å². The van der Waals surface area contributed by atoms with E-state index in [1.165, 1.54) is 6.08 Å². The van der Waals surface area contributed by atoms with Crippen molar-refractivity contribution >= 4 is 18.1 Å². The van der Waals surface area contributed by atoms with Gasteiger partial charge in [-0.15, -0.1) is 0 Å². The van der Waals surface area contributed by atoms with Crippen molar-refractivity contribution in [3.05, 3.63) is 78.4 Å². The normalized spacial score (nSPS) is 15.0. The van der Waals surface area contributed by atoms with Crippen LogP contribution in [0.25, 0.3) is 27.8 Å². The number of hydrogen-bond acceptors (Lipinski definition) is 8. The summed E-state index contributed by atoms with van der Waals surface area (Å²) in [5.74, 6) is 0.670. The van der Waals surface area contributed by atoms with Gasteiger partial charge in [-0.3, -0.25) is 9.58 Å². The van der Waals surface area contributed by atoms with Crippen LogP contribution in [0.3, 0.4) is 0 Å². The number of allylic oxidation sites excluding steroid dienone is 2. The van der Waals surface area contributed by atoms with Crippen LogP contribution in [0.4, 0.5) is 14.6 Å². The minimum Gasteiger partial charge on any atom is -0.417 e. The zero-order valence-electron chi connectivity index (χ0n) is 22.8. The number of rotatable bonds is 9. The number of anilines is 1. The van der Waals surface area contributed by atoms with Gasteiger partial charge in [0.1, 0.15) is 11.9 Å². The van der Waals surface area contributed by atoms with Gasteiger partial charge in [0.05, 0.1) is 23.5 Å². The van der Waals surface area contributed by atoms with E-state index < -0.39 is 6.61 Å². The third-order valence-electron chi connectivity index (χ3n) is 6.87. The maximum atomic E-state index is 12.4.